The number of hydrogen-bond donors (Lipinski definition) is 0. The third-order valence-corrected chi connectivity index (χ3v) is 11.5. The largest absolute Gasteiger partial charge is 0.406 e. The number of hydrogen-bond acceptors (Lipinski definition) is 4. The molecular weight excluding hydrogens is 468 g/mol. The maximum Gasteiger partial charge on any atom is 0.269 e. The van der Waals surface area contributed by atoms with Crippen LogP contribution in [-0.4, -0.2) is 42.7 Å². The summed E-state index contributed by atoms with van der Waals surface area (Å²) in [4.78, 5) is 25.8. The van der Waals surface area contributed by atoms with Gasteiger partial charge in [-0.05, 0) is 48.3 Å². The van der Waals surface area contributed by atoms with E-state index in [2.05, 4.69) is 69.3 Å². The predicted octanol–water partition coefficient (Wildman–Crippen LogP) is 5.41. The van der Waals surface area contributed by atoms with E-state index < -0.39 is 18.8 Å². The highest BCUT2D eigenvalue weighted by atomic mass is 28.4. The van der Waals surface area contributed by atoms with Crippen molar-refractivity contribution in [3.8, 4) is 0 Å². The smallest absolute Gasteiger partial charge is 0.269 e. The molecule has 0 unspecified atom stereocenters. The van der Waals surface area contributed by atoms with E-state index in [1.807, 2.05) is 32.9 Å². The maximum atomic E-state index is 13.5. The number of nitro groups is 1. The summed E-state index contributed by atoms with van der Waals surface area (Å²) < 4.78 is 6.98. The van der Waals surface area contributed by atoms with E-state index in [0.717, 1.165) is 0 Å². The lowest BCUT2D eigenvalue weighted by atomic mass is 10.0. The summed E-state index contributed by atoms with van der Waals surface area (Å²) in [6.45, 7) is 13.4. The van der Waals surface area contributed by atoms with E-state index in [9.17, 15) is 14.9 Å². The van der Waals surface area contributed by atoms with E-state index in [1.54, 1.807) is 4.90 Å². The Hall–Kier alpha value is -3.29. The summed E-state index contributed by atoms with van der Waals surface area (Å²) in [7, 11) is -2.72. The molecule has 3 rings (SSSR count). The Morgan fingerprint density at radius 2 is 1.31 bits per heavy atom. The second kappa shape index (κ2) is 10.8. The SMILES string of the molecule is CC(C)(C)N(CCO[Si](c1ccccc1)(c1ccccc1)C(C)(C)C)C(=O)c1ccc([N+](=O)[O-])cc1. The van der Waals surface area contributed by atoms with Crippen molar-refractivity contribution in [3.63, 3.8) is 0 Å². The Bertz CT molecular complexity index is 1130. The van der Waals surface area contributed by atoms with Crippen molar-refractivity contribution in [3.05, 3.63) is 101 Å². The van der Waals surface area contributed by atoms with Crippen LogP contribution in [0.25, 0.3) is 0 Å². The number of non-ortho nitro benzene ring substituents is 1. The molecule has 0 heterocycles. The van der Waals surface area contributed by atoms with Gasteiger partial charge in [0.15, 0.2) is 0 Å². The molecule has 0 aliphatic heterocycles. The van der Waals surface area contributed by atoms with Gasteiger partial charge in [-0.15, -0.1) is 0 Å². The molecule has 0 bridgehead atoms. The van der Waals surface area contributed by atoms with Crippen molar-refractivity contribution in [2.75, 3.05) is 13.2 Å². The number of carbonyl (C=O) groups excluding carboxylic acids is 1. The molecule has 0 saturated heterocycles. The van der Waals surface area contributed by atoms with Crippen LogP contribution in [0.3, 0.4) is 0 Å². The van der Waals surface area contributed by atoms with Gasteiger partial charge in [-0.25, -0.2) is 0 Å². The number of carbonyl (C=O) groups is 1. The molecule has 36 heavy (non-hydrogen) atoms. The lowest BCUT2D eigenvalue weighted by Gasteiger charge is -2.44. The fraction of sp³-hybridized carbons (Fsp3) is 0.345. The highest BCUT2D eigenvalue weighted by Crippen LogP contribution is 2.36. The van der Waals surface area contributed by atoms with E-state index in [1.165, 1.54) is 34.6 Å². The number of nitrogens with zero attached hydrogens (tertiary/aromatic N) is 2. The van der Waals surface area contributed by atoms with Gasteiger partial charge in [0.25, 0.3) is 19.9 Å². The zero-order valence-corrected chi connectivity index (χ0v) is 23.0. The second-order valence-electron chi connectivity index (χ2n) is 10.9. The molecule has 190 valence electrons. The van der Waals surface area contributed by atoms with Crippen molar-refractivity contribution in [1.29, 1.82) is 0 Å². The topological polar surface area (TPSA) is 72.7 Å². The highest BCUT2D eigenvalue weighted by Gasteiger charge is 2.50. The van der Waals surface area contributed by atoms with E-state index >= 15 is 0 Å². The monoisotopic (exact) mass is 504 g/mol. The average molecular weight is 505 g/mol. The first-order valence-electron chi connectivity index (χ1n) is 12.2. The van der Waals surface area contributed by atoms with Gasteiger partial charge in [-0.2, -0.15) is 0 Å². The fourth-order valence-electron chi connectivity index (χ4n) is 4.67. The molecule has 0 atom stereocenters. The minimum absolute atomic E-state index is 0.0381. The first kappa shape index (κ1) is 27.3. The number of benzene rings is 3. The fourth-order valence-corrected chi connectivity index (χ4v) is 9.23. The van der Waals surface area contributed by atoms with Crippen LogP contribution < -0.4 is 10.4 Å². The van der Waals surface area contributed by atoms with Crippen molar-refractivity contribution in [1.82, 2.24) is 4.90 Å². The summed E-state index contributed by atoms with van der Waals surface area (Å²) in [5, 5.41) is 13.2. The van der Waals surface area contributed by atoms with Crippen LogP contribution in [0.15, 0.2) is 84.9 Å². The van der Waals surface area contributed by atoms with Gasteiger partial charge >= 0.3 is 0 Å². The van der Waals surface area contributed by atoms with Gasteiger partial charge in [0.2, 0.25) is 0 Å². The third-order valence-electron chi connectivity index (χ3n) is 6.43. The lowest BCUT2D eigenvalue weighted by Crippen LogP contribution is -2.67. The molecule has 0 aromatic heterocycles. The normalized spacial score (nSPS) is 12.3. The molecule has 6 nitrogen and oxygen atoms in total. The molecule has 0 aliphatic carbocycles. The number of nitro benzene ring substituents is 1. The summed E-state index contributed by atoms with van der Waals surface area (Å²) in [6, 6.07) is 26.6. The summed E-state index contributed by atoms with van der Waals surface area (Å²) in [5.41, 5.74) is -0.0851. The van der Waals surface area contributed by atoms with Crippen LogP contribution in [0.2, 0.25) is 5.04 Å². The van der Waals surface area contributed by atoms with Gasteiger partial charge in [0.05, 0.1) is 11.5 Å². The number of rotatable bonds is 8. The first-order valence-corrected chi connectivity index (χ1v) is 14.1. The molecule has 0 radical (unpaired) electrons. The molecular formula is C29H36N2O4Si. The average Bonchev–Trinajstić information content (AvgIpc) is 2.83. The van der Waals surface area contributed by atoms with Crippen molar-refractivity contribution >= 4 is 30.3 Å². The molecule has 3 aromatic rings. The van der Waals surface area contributed by atoms with Crippen molar-refractivity contribution < 1.29 is 14.1 Å². The van der Waals surface area contributed by atoms with Crippen molar-refractivity contribution in [2.24, 2.45) is 0 Å². The molecule has 0 saturated carbocycles. The Kier molecular flexibility index (Phi) is 8.16. The van der Waals surface area contributed by atoms with Crippen LogP contribution in [-0.2, 0) is 4.43 Å². The second-order valence-corrected chi connectivity index (χ2v) is 15.2. The van der Waals surface area contributed by atoms with E-state index in [-0.39, 0.29) is 16.6 Å². The van der Waals surface area contributed by atoms with E-state index in [0.29, 0.717) is 18.7 Å². The quantitative estimate of drug-likeness (QED) is 0.234. The molecule has 1 amide bonds. The van der Waals surface area contributed by atoms with Gasteiger partial charge in [0.1, 0.15) is 0 Å². The molecule has 3 aromatic carbocycles. The molecule has 0 aliphatic rings. The Morgan fingerprint density at radius 1 is 0.833 bits per heavy atom. The molecule has 7 heteroatoms. The van der Waals surface area contributed by atoms with Gasteiger partial charge in [0, 0.05) is 29.8 Å². The van der Waals surface area contributed by atoms with Gasteiger partial charge in [-0.3, -0.25) is 14.9 Å². The zero-order chi connectivity index (χ0) is 26.6. The standard InChI is InChI=1S/C29H36N2O4Si/c1-28(2,3)30(27(32)23-17-19-24(20-18-23)31(33)34)21-22-35-36(29(4,5)6,25-13-9-7-10-14-25)26-15-11-8-12-16-26/h7-20H,21-22H2,1-6H3. The highest BCUT2D eigenvalue weighted by molar-refractivity contribution is 6.99. The van der Waals surface area contributed by atoms with Crippen LogP contribution in [0.1, 0.15) is 51.9 Å². The van der Waals surface area contributed by atoms with Crippen LogP contribution in [0.5, 0.6) is 0 Å². The Labute approximate surface area is 215 Å². The van der Waals surface area contributed by atoms with Crippen molar-refractivity contribution in [2.45, 2.75) is 52.1 Å². The molecule has 0 fully saturated rings. The zero-order valence-electron chi connectivity index (χ0n) is 22.0. The molecule has 0 N–H and O–H groups in total. The van der Waals surface area contributed by atoms with Crippen LogP contribution in [0.4, 0.5) is 5.69 Å². The Morgan fingerprint density at radius 3 is 1.69 bits per heavy atom. The predicted molar refractivity (Wildman–Crippen MR) is 147 cm³/mol. The maximum absolute atomic E-state index is 13.5. The van der Waals surface area contributed by atoms with Gasteiger partial charge in [-0.1, -0.05) is 81.4 Å². The minimum Gasteiger partial charge on any atom is -0.406 e. The lowest BCUT2D eigenvalue weighted by molar-refractivity contribution is -0.384. The molecule has 0 spiro atoms. The van der Waals surface area contributed by atoms with Crippen LogP contribution >= 0.6 is 0 Å². The van der Waals surface area contributed by atoms with Crippen LogP contribution in [0, 0.1) is 10.1 Å². The Balaban J connectivity index is 1.94. The minimum atomic E-state index is -2.72. The number of amides is 1. The third kappa shape index (κ3) is 5.74. The van der Waals surface area contributed by atoms with Gasteiger partial charge < -0.3 is 9.33 Å². The summed E-state index contributed by atoms with van der Waals surface area (Å²) >= 11 is 0. The summed E-state index contributed by atoms with van der Waals surface area (Å²) in [6.07, 6.45) is 0. The first-order chi connectivity index (χ1) is 16.9. The van der Waals surface area contributed by atoms with E-state index in [4.69, 9.17) is 4.43 Å². The summed E-state index contributed by atoms with van der Waals surface area (Å²) in [5.74, 6) is -0.177.